The summed E-state index contributed by atoms with van der Waals surface area (Å²) in [6.07, 6.45) is 0.459. The smallest absolute Gasteiger partial charge is 0.247 e. The third-order valence-corrected chi connectivity index (χ3v) is 6.70. The summed E-state index contributed by atoms with van der Waals surface area (Å²) in [6, 6.07) is 14.3. The number of morpholine rings is 1. The number of ether oxygens (including phenoxy) is 2. The predicted octanol–water partition coefficient (Wildman–Crippen LogP) is 3.37. The molecule has 7 heteroatoms. The Kier molecular flexibility index (Phi) is 5.87. The van der Waals surface area contributed by atoms with E-state index in [4.69, 9.17) is 21.1 Å². The van der Waals surface area contributed by atoms with Gasteiger partial charge in [0.25, 0.3) is 0 Å². The van der Waals surface area contributed by atoms with Gasteiger partial charge in [-0.05, 0) is 37.1 Å². The highest BCUT2D eigenvalue weighted by atomic mass is 35.5. The second kappa shape index (κ2) is 7.96. The highest BCUT2D eigenvalue weighted by molar-refractivity contribution is 7.89. The maximum absolute atomic E-state index is 13.3. The summed E-state index contributed by atoms with van der Waals surface area (Å²) in [6.45, 7) is 2.47. The minimum atomic E-state index is -3.76. The van der Waals surface area contributed by atoms with Crippen LogP contribution in [0.5, 0.6) is 5.75 Å². The number of hydrogen-bond acceptors (Lipinski definition) is 4. The van der Waals surface area contributed by atoms with Crippen molar-refractivity contribution in [1.82, 2.24) is 4.31 Å². The van der Waals surface area contributed by atoms with Gasteiger partial charge in [0.15, 0.2) is 0 Å². The van der Waals surface area contributed by atoms with E-state index >= 15 is 0 Å². The van der Waals surface area contributed by atoms with Gasteiger partial charge in [0.1, 0.15) is 10.6 Å². The highest BCUT2D eigenvalue weighted by Gasteiger charge is 2.37. The second-order valence-corrected chi connectivity index (χ2v) is 8.66. The molecule has 0 amide bonds. The van der Waals surface area contributed by atoms with Crippen LogP contribution in [-0.2, 0) is 21.2 Å². The Bertz CT molecular complexity index is 857. The van der Waals surface area contributed by atoms with Crippen molar-refractivity contribution in [2.45, 2.75) is 30.4 Å². The van der Waals surface area contributed by atoms with E-state index in [2.05, 4.69) is 0 Å². The first-order valence-corrected chi connectivity index (χ1v) is 10.2. The minimum Gasteiger partial charge on any atom is -0.495 e. The summed E-state index contributed by atoms with van der Waals surface area (Å²) in [4.78, 5) is 0.0831. The lowest BCUT2D eigenvalue weighted by Gasteiger charge is -2.37. The van der Waals surface area contributed by atoms with E-state index < -0.39 is 10.0 Å². The van der Waals surface area contributed by atoms with Gasteiger partial charge in [0.05, 0.1) is 19.8 Å². The van der Waals surface area contributed by atoms with Crippen LogP contribution in [0.15, 0.2) is 53.4 Å². The van der Waals surface area contributed by atoms with Crippen molar-refractivity contribution in [3.05, 3.63) is 59.1 Å². The summed E-state index contributed by atoms with van der Waals surface area (Å²) in [7, 11) is -2.31. The molecule has 2 unspecified atom stereocenters. The van der Waals surface area contributed by atoms with Crippen LogP contribution in [-0.4, -0.2) is 45.1 Å². The van der Waals surface area contributed by atoms with Crippen LogP contribution in [0.3, 0.4) is 0 Å². The standard InChI is InChI=1S/C19H22ClNO4S/c1-14-13-25-17(10-15-6-4-3-5-7-15)12-21(14)26(22,23)19-11-16(20)8-9-18(19)24-2/h3-9,11,14,17H,10,12-13H2,1-2H3. The molecule has 0 N–H and O–H groups in total. The molecule has 1 saturated heterocycles. The van der Waals surface area contributed by atoms with E-state index in [0.717, 1.165) is 5.56 Å². The monoisotopic (exact) mass is 395 g/mol. The predicted molar refractivity (Wildman–Crippen MR) is 101 cm³/mol. The molecule has 1 heterocycles. The Balaban J connectivity index is 1.87. The molecule has 0 radical (unpaired) electrons. The lowest BCUT2D eigenvalue weighted by molar-refractivity contribution is -0.0265. The van der Waals surface area contributed by atoms with E-state index in [-0.39, 0.29) is 29.3 Å². The average Bonchev–Trinajstić information content (AvgIpc) is 2.64. The van der Waals surface area contributed by atoms with Gasteiger partial charge in [-0.3, -0.25) is 0 Å². The third-order valence-electron chi connectivity index (χ3n) is 4.47. The Hall–Kier alpha value is -1.60. The van der Waals surface area contributed by atoms with E-state index in [0.29, 0.717) is 18.1 Å². The molecular formula is C19H22ClNO4S. The van der Waals surface area contributed by atoms with E-state index in [1.165, 1.54) is 17.5 Å². The molecule has 26 heavy (non-hydrogen) atoms. The molecule has 2 aromatic carbocycles. The van der Waals surface area contributed by atoms with Gasteiger partial charge >= 0.3 is 0 Å². The Labute approximate surface area is 159 Å². The van der Waals surface area contributed by atoms with E-state index in [9.17, 15) is 8.42 Å². The SMILES string of the molecule is COc1ccc(Cl)cc1S(=O)(=O)N1CC(Cc2ccccc2)OCC1C. The summed E-state index contributed by atoms with van der Waals surface area (Å²) in [5, 5.41) is 0.353. The molecule has 1 fully saturated rings. The fraction of sp³-hybridized carbons (Fsp3) is 0.368. The molecule has 2 atom stereocenters. The van der Waals surface area contributed by atoms with Crippen molar-refractivity contribution < 1.29 is 17.9 Å². The van der Waals surface area contributed by atoms with Crippen LogP contribution >= 0.6 is 11.6 Å². The van der Waals surface area contributed by atoms with Gasteiger partial charge in [-0.15, -0.1) is 0 Å². The van der Waals surface area contributed by atoms with Gasteiger partial charge < -0.3 is 9.47 Å². The topological polar surface area (TPSA) is 55.8 Å². The van der Waals surface area contributed by atoms with Crippen molar-refractivity contribution >= 4 is 21.6 Å². The normalized spacial score (nSPS) is 21.5. The van der Waals surface area contributed by atoms with Crippen LogP contribution in [0.25, 0.3) is 0 Å². The van der Waals surface area contributed by atoms with Crippen LogP contribution in [0.1, 0.15) is 12.5 Å². The average molecular weight is 396 g/mol. The summed E-state index contributed by atoms with van der Waals surface area (Å²) in [5.41, 5.74) is 1.12. The maximum Gasteiger partial charge on any atom is 0.247 e. The van der Waals surface area contributed by atoms with Gasteiger partial charge in [0.2, 0.25) is 10.0 Å². The molecule has 140 valence electrons. The molecule has 1 aliphatic rings. The molecule has 1 aliphatic heterocycles. The van der Waals surface area contributed by atoms with Crippen LogP contribution in [0.4, 0.5) is 0 Å². The van der Waals surface area contributed by atoms with Crippen LogP contribution in [0.2, 0.25) is 5.02 Å². The fourth-order valence-electron chi connectivity index (χ4n) is 3.11. The highest BCUT2D eigenvalue weighted by Crippen LogP contribution is 2.32. The molecule has 0 bridgehead atoms. The van der Waals surface area contributed by atoms with Crippen LogP contribution < -0.4 is 4.74 Å². The van der Waals surface area contributed by atoms with Gasteiger partial charge in [0, 0.05) is 17.6 Å². The van der Waals surface area contributed by atoms with Crippen molar-refractivity contribution in [3.63, 3.8) is 0 Å². The zero-order valence-electron chi connectivity index (χ0n) is 14.8. The van der Waals surface area contributed by atoms with Crippen molar-refractivity contribution in [1.29, 1.82) is 0 Å². The van der Waals surface area contributed by atoms with E-state index in [1.54, 1.807) is 12.1 Å². The molecular weight excluding hydrogens is 374 g/mol. The molecule has 0 aliphatic carbocycles. The molecule has 3 rings (SSSR count). The summed E-state index contributed by atoms with van der Waals surface area (Å²) < 4.78 is 39.1. The number of hydrogen-bond donors (Lipinski definition) is 0. The number of sulfonamides is 1. The quantitative estimate of drug-likeness (QED) is 0.778. The first-order valence-electron chi connectivity index (χ1n) is 8.42. The lowest BCUT2D eigenvalue weighted by Crippen LogP contribution is -2.51. The molecule has 0 spiro atoms. The molecule has 5 nitrogen and oxygen atoms in total. The number of benzene rings is 2. The molecule has 0 saturated carbocycles. The van der Waals surface area contributed by atoms with Gasteiger partial charge in [-0.1, -0.05) is 41.9 Å². The summed E-state index contributed by atoms with van der Waals surface area (Å²) in [5.74, 6) is 0.285. The van der Waals surface area contributed by atoms with Crippen LogP contribution in [0, 0.1) is 0 Å². The molecule has 0 aromatic heterocycles. The second-order valence-electron chi connectivity index (χ2n) is 6.36. The fourth-order valence-corrected chi connectivity index (χ4v) is 5.17. The number of halogens is 1. The molecule has 2 aromatic rings. The number of nitrogens with zero attached hydrogens (tertiary/aromatic N) is 1. The zero-order valence-corrected chi connectivity index (χ0v) is 16.3. The van der Waals surface area contributed by atoms with E-state index in [1.807, 2.05) is 37.3 Å². The largest absolute Gasteiger partial charge is 0.495 e. The van der Waals surface area contributed by atoms with Crippen molar-refractivity contribution in [2.24, 2.45) is 0 Å². The van der Waals surface area contributed by atoms with Crippen molar-refractivity contribution in [3.8, 4) is 5.75 Å². The van der Waals surface area contributed by atoms with Gasteiger partial charge in [-0.2, -0.15) is 4.31 Å². The van der Waals surface area contributed by atoms with Gasteiger partial charge in [-0.25, -0.2) is 8.42 Å². The van der Waals surface area contributed by atoms with Crippen molar-refractivity contribution in [2.75, 3.05) is 20.3 Å². The first kappa shape index (κ1) is 19.2. The Morgan fingerprint density at radius 2 is 1.96 bits per heavy atom. The third kappa shape index (κ3) is 4.04. The number of rotatable bonds is 5. The maximum atomic E-state index is 13.3. The summed E-state index contributed by atoms with van der Waals surface area (Å²) >= 11 is 6.03. The number of methoxy groups -OCH3 is 1. The lowest BCUT2D eigenvalue weighted by atomic mass is 10.1. The zero-order chi connectivity index (χ0) is 18.7. The first-order chi connectivity index (χ1) is 12.4. The minimum absolute atomic E-state index is 0.0831. The Morgan fingerprint density at radius 3 is 2.65 bits per heavy atom. The Morgan fingerprint density at radius 1 is 1.23 bits per heavy atom.